The van der Waals surface area contributed by atoms with Gasteiger partial charge < -0.3 is 9.47 Å². The van der Waals surface area contributed by atoms with Crippen molar-refractivity contribution in [2.24, 2.45) is 0 Å². The third-order valence-corrected chi connectivity index (χ3v) is 5.01. The highest BCUT2D eigenvalue weighted by atomic mass is 79.9. The predicted molar refractivity (Wildman–Crippen MR) is 96.4 cm³/mol. The minimum Gasteiger partial charge on any atom is -0.340 e. The molecule has 0 N–H and O–H groups in total. The fourth-order valence-corrected chi connectivity index (χ4v) is 4.99. The first-order valence-electron chi connectivity index (χ1n) is 6.21. The fraction of sp³-hybridized carbons (Fsp3) is 0.200. The molecule has 6 heteroatoms. The van der Waals surface area contributed by atoms with Crippen molar-refractivity contribution < 1.29 is 9.47 Å². The van der Waals surface area contributed by atoms with Crippen LogP contribution in [-0.2, 0) is 15.3 Å². The molecule has 2 aromatic rings. The Hall–Kier alpha value is 0.280. The van der Waals surface area contributed by atoms with Gasteiger partial charge in [-0.3, -0.25) is 0 Å². The van der Waals surface area contributed by atoms with Gasteiger partial charge in [0.05, 0.1) is 13.2 Å². The Labute approximate surface area is 156 Å². The van der Waals surface area contributed by atoms with Crippen LogP contribution in [0.3, 0.4) is 0 Å². The Kier molecular flexibility index (Phi) is 4.93. The topological polar surface area (TPSA) is 18.5 Å². The second kappa shape index (κ2) is 6.42. The maximum absolute atomic E-state index is 6.03. The Morgan fingerprint density at radius 1 is 0.619 bits per heavy atom. The summed E-state index contributed by atoms with van der Waals surface area (Å²) in [5.74, 6) is -0.876. The van der Waals surface area contributed by atoms with E-state index in [0.29, 0.717) is 13.2 Å². The van der Waals surface area contributed by atoms with Gasteiger partial charge in [-0.05, 0) is 36.4 Å². The molecule has 3 rings (SSSR count). The van der Waals surface area contributed by atoms with Gasteiger partial charge in [0.2, 0.25) is 5.79 Å². The second-order valence-electron chi connectivity index (χ2n) is 4.63. The average Bonchev–Trinajstić information content (AvgIpc) is 2.86. The van der Waals surface area contributed by atoms with Gasteiger partial charge in [0.25, 0.3) is 0 Å². The first-order valence-corrected chi connectivity index (χ1v) is 9.38. The first kappa shape index (κ1) is 16.1. The summed E-state index contributed by atoms with van der Waals surface area (Å²) in [5, 5.41) is 0. The SMILES string of the molecule is Brc1cc(Br)cc(C2(c3cc(Br)cc(Br)c3)OCCO2)c1. The lowest BCUT2D eigenvalue weighted by atomic mass is 9.97. The molecule has 0 atom stereocenters. The van der Waals surface area contributed by atoms with Crippen LogP contribution in [0.25, 0.3) is 0 Å². The van der Waals surface area contributed by atoms with Gasteiger partial charge in [0, 0.05) is 29.0 Å². The molecule has 1 heterocycles. The summed E-state index contributed by atoms with van der Waals surface area (Å²) in [7, 11) is 0. The molecule has 0 bridgehead atoms. The molecule has 1 saturated heterocycles. The highest BCUT2D eigenvalue weighted by Gasteiger charge is 2.41. The molecule has 21 heavy (non-hydrogen) atoms. The molecule has 0 amide bonds. The number of rotatable bonds is 2. The van der Waals surface area contributed by atoms with Gasteiger partial charge in [0.15, 0.2) is 0 Å². The lowest BCUT2D eigenvalue weighted by molar-refractivity contribution is -0.130. The summed E-state index contributed by atoms with van der Waals surface area (Å²) in [5.41, 5.74) is 1.90. The molecule has 0 radical (unpaired) electrons. The van der Waals surface area contributed by atoms with Crippen LogP contribution in [0.1, 0.15) is 11.1 Å². The van der Waals surface area contributed by atoms with E-state index in [-0.39, 0.29) is 0 Å². The summed E-state index contributed by atoms with van der Waals surface area (Å²) < 4.78 is 15.9. The van der Waals surface area contributed by atoms with Crippen LogP contribution in [0.5, 0.6) is 0 Å². The largest absolute Gasteiger partial charge is 0.340 e. The average molecular weight is 542 g/mol. The van der Waals surface area contributed by atoms with Gasteiger partial charge in [-0.25, -0.2) is 0 Å². The van der Waals surface area contributed by atoms with E-state index in [1.807, 2.05) is 36.4 Å². The van der Waals surface area contributed by atoms with E-state index in [1.165, 1.54) is 0 Å². The summed E-state index contributed by atoms with van der Waals surface area (Å²) in [6.45, 7) is 1.13. The third kappa shape index (κ3) is 3.31. The number of ether oxygens (including phenoxy) is 2. The number of hydrogen-bond donors (Lipinski definition) is 0. The zero-order chi connectivity index (χ0) is 15.0. The third-order valence-electron chi connectivity index (χ3n) is 3.18. The molecule has 0 saturated carbocycles. The molecular weight excluding hydrogens is 532 g/mol. The van der Waals surface area contributed by atoms with Gasteiger partial charge >= 0.3 is 0 Å². The Balaban J connectivity index is 2.19. The Bertz CT molecular complexity index is 587. The predicted octanol–water partition coefficient (Wildman–Crippen LogP) is 5.98. The molecule has 110 valence electrons. The number of halogens is 4. The normalized spacial score (nSPS) is 17.1. The van der Waals surface area contributed by atoms with Crippen LogP contribution in [0.4, 0.5) is 0 Å². The Morgan fingerprint density at radius 2 is 0.952 bits per heavy atom. The van der Waals surface area contributed by atoms with Crippen LogP contribution >= 0.6 is 63.7 Å². The fourth-order valence-electron chi connectivity index (χ4n) is 2.40. The lowest BCUT2D eigenvalue weighted by Gasteiger charge is -2.29. The van der Waals surface area contributed by atoms with Gasteiger partial charge in [-0.2, -0.15) is 0 Å². The standard InChI is InChI=1S/C15H10Br4O2/c16-11-3-9(4-12(17)7-11)15(20-1-2-21-15)10-5-13(18)8-14(19)6-10/h3-8H,1-2H2. The van der Waals surface area contributed by atoms with E-state index in [9.17, 15) is 0 Å². The van der Waals surface area contributed by atoms with Crippen molar-refractivity contribution in [2.45, 2.75) is 5.79 Å². The van der Waals surface area contributed by atoms with Crippen molar-refractivity contribution in [1.29, 1.82) is 0 Å². The molecule has 1 fully saturated rings. The molecule has 2 nitrogen and oxygen atoms in total. The van der Waals surface area contributed by atoms with Crippen molar-refractivity contribution in [2.75, 3.05) is 13.2 Å². The van der Waals surface area contributed by atoms with Crippen LogP contribution in [0, 0.1) is 0 Å². The van der Waals surface area contributed by atoms with Gasteiger partial charge in [-0.1, -0.05) is 63.7 Å². The van der Waals surface area contributed by atoms with Crippen LogP contribution in [0.15, 0.2) is 54.3 Å². The number of hydrogen-bond acceptors (Lipinski definition) is 2. The molecule has 0 aliphatic carbocycles. The monoisotopic (exact) mass is 538 g/mol. The zero-order valence-electron chi connectivity index (χ0n) is 10.7. The summed E-state index contributed by atoms with van der Waals surface area (Å²) in [6, 6.07) is 12.1. The van der Waals surface area contributed by atoms with Crippen molar-refractivity contribution in [3.05, 3.63) is 65.4 Å². The van der Waals surface area contributed by atoms with Gasteiger partial charge in [0.1, 0.15) is 0 Å². The molecule has 1 aliphatic rings. The highest BCUT2D eigenvalue weighted by molar-refractivity contribution is 9.11. The highest BCUT2D eigenvalue weighted by Crippen LogP contribution is 2.42. The maximum Gasteiger partial charge on any atom is 0.222 e. The van der Waals surface area contributed by atoms with E-state index in [4.69, 9.17) is 9.47 Å². The Morgan fingerprint density at radius 3 is 1.29 bits per heavy atom. The quantitative estimate of drug-likeness (QED) is 0.465. The van der Waals surface area contributed by atoms with Crippen LogP contribution < -0.4 is 0 Å². The summed E-state index contributed by atoms with van der Waals surface area (Å²) in [4.78, 5) is 0. The van der Waals surface area contributed by atoms with E-state index < -0.39 is 5.79 Å². The van der Waals surface area contributed by atoms with Crippen molar-refractivity contribution in [3.8, 4) is 0 Å². The van der Waals surface area contributed by atoms with Crippen LogP contribution in [0.2, 0.25) is 0 Å². The zero-order valence-corrected chi connectivity index (χ0v) is 17.1. The van der Waals surface area contributed by atoms with E-state index in [2.05, 4.69) is 63.7 Å². The van der Waals surface area contributed by atoms with E-state index >= 15 is 0 Å². The maximum atomic E-state index is 6.03. The van der Waals surface area contributed by atoms with E-state index in [1.54, 1.807) is 0 Å². The summed E-state index contributed by atoms with van der Waals surface area (Å²) >= 11 is 14.1. The molecular formula is C15H10Br4O2. The number of benzene rings is 2. The van der Waals surface area contributed by atoms with Crippen LogP contribution in [-0.4, -0.2) is 13.2 Å². The second-order valence-corrected chi connectivity index (χ2v) is 8.29. The molecule has 2 aromatic carbocycles. The molecule has 0 spiro atoms. The summed E-state index contributed by atoms with van der Waals surface area (Å²) in [6.07, 6.45) is 0. The van der Waals surface area contributed by atoms with Gasteiger partial charge in [-0.15, -0.1) is 0 Å². The smallest absolute Gasteiger partial charge is 0.222 e. The minimum atomic E-state index is -0.876. The molecule has 0 unspecified atom stereocenters. The first-order chi connectivity index (χ1) is 9.99. The lowest BCUT2D eigenvalue weighted by Crippen LogP contribution is -2.28. The van der Waals surface area contributed by atoms with Crippen molar-refractivity contribution in [1.82, 2.24) is 0 Å². The van der Waals surface area contributed by atoms with Crippen molar-refractivity contribution in [3.63, 3.8) is 0 Å². The molecule has 1 aliphatic heterocycles. The van der Waals surface area contributed by atoms with E-state index in [0.717, 1.165) is 29.0 Å². The van der Waals surface area contributed by atoms with Crippen molar-refractivity contribution >= 4 is 63.7 Å². The minimum absolute atomic E-state index is 0.564. The molecule has 0 aromatic heterocycles.